The molecule has 0 saturated carbocycles. The molecule has 0 saturated heterocycles. The Kier molecular flexibility index (Phi) is 5.53. The minimum atomic E-state index is -0.925. The van der Waals surface area contributed by atoms with E-state index in [1.54, 1.807) is 6.07 Å². The van der Waals surface area contributed by atoms with E-state index in [4.69, 9.17) is 46.4 Å². The first-order valence-corrected chi connectivity index (χ1v) is 7.40. The van der Waals surface area contributed by atoms with Crippen LogP contribution in [0, 0.1) is 0 Å². The van der Waals surface area contributed by atoms with Crippen LogP contribution < -0.4 is 10.6 Å². The van der Waals surface area contributed by atoms with Crippen molar-refractivity contribution in [1.29, 1.82) is 0 Å². The third kappa shape index (κ3) is 4.27. The molecule has 0 aliphatic carbocycles. The molecule has 2 rings (SSSR count). The number of hydrogen-bond donors (Lipinski definition) is 2. The first-order valence-electron chi connectivity index (χ1n) is 5.89. The number of anilines is 2. The Morgan fingerprint density at radius 2 is 1.27 bits per heavy atom. The zero-order chi connectivity index (χ0) is 16.3. The van der Waals surface area contributed by atoms with Gasteiger partial charge in [0, 0.05) is 15.7 Å². The SMILES string of the molecule is O=C(Nc1cc(Cl)cc(Cl)c1)C(=O)Nc1c(Cl)cccc1Cl. The fraction of sp³-hybridized carbons (Fsp3) is 0. The highest BCUT2D eigenvalue weighted by molar-refractivity contribution is 6.47. The first-order chi connectivity index (χ1) is 10.4. The molecular weight excluding hydrogens is 370 g/mol. The van der Waals surface area contributed by atoms with E-state index in [2.05, 4.69) is 10.6 Å². The Morgan fingerprint density at radius 3 is 1.82 bits per heavy atom. The van der Waals surface area contributed by atoms with E-state index in [1.165, 1.54) is 30.3 Å². The van der Waals surface area contributed by atoms with E-state index in [-0.39, 0.29) is 15.7 Å². The van der Waals surface area contributed by atoms with Gasteiger partial charge < -0.3 is 10.6 Å². The molecule has 0 aliphatic heterocycles. The van der Waals surface area contributed by atoms with Crippen LogP contribution in [0.25, 0.3) is 0 Å². The van der Waals surface area contributed by atoms with Crippen LogP contribution in [0.2, 0.25) is 20.1 Å². The predicted molar refractivity (Wildman–Crippen MR) is 90.2 cm³/mol. The fourth-order valence-electron chi connectivity index (χ4n) is 1.60. The van der Waals surface area contributed by atoms with Crippen LogP contribution in [0.15, 0.2) is 36.4 Å². The molecule has 2 N–H and O–H groups in total. The monoisotopic (exact) mass is 376 g/mol. The van der Waals surface area contributed by atoms with Gasteiger partial charge in [-0.25, -0.2) is 0 Å². The van der Waals surface area contributed by atoms with Crippen LogP contribution in [-0.2, 0) is 9.59 Å². The number of hydrogen-bond acceptors (Lipinski definition) is 2. The molecule has 8 heteroatoms. The van der Waals surface area contributed by atoms with Crippen molar-refractivity contribution in [1.82, 2.24) is 0 Å². The maximum absolute atomic E-state index is 11.9. The van der Waals surface area contributed by atoms with E-state index < -0.39 is 11.8 Å². The van der Waals surface area contributed by atoms with Gasteiger partial charge in [-0.3, -0.25) is 9.59 Å². The average Bonchev–Trinajstić information content (AvgIpc) is 2.41. The van der Waals surface area contributed by atoms with Crippen LogP contribution in [0.5, 0.6) is 0 Å². The van der Waals surface area contributed by atoms with Crippen LogP contribution >= 0.6 is 46.4 Å². The lowest BCUT2D eigenvalue weighted by Crippen LogP contribution is -2.29. The fourth-order valence-corrected chi connectivity index (χ4v) is 2.62. The number of carbonyl (C=O) groups excluding carboxylic acids is 2. The van der Waals surface area contributed by atoms with E-state index in [1.807, 2.05) is 0 Å². The number of carbonyl (C=O) groups is 2. The van der Waals surface area contributed by atoms with Crippen molar-refractivity contribution in [2.24, 2.45) is 0 Å². The van der Waals surface area contributed by atoms with Crippen LogP contribution in [-0.4, -0.2) is 11.8 Å². The highest BCUT2D eigenvalue weighted by atomic mass is 35.5. The Hall–Kier alpha value is -1.46. The molecule has 4 nitrogen and oxygen atoms in total. The summed E-state index contributed by atoms with van der Waals surface area (Å²) in [4.78, 5) is 23.8. The van der Waals surface area contributed by atoms with Crippen molar-refractivity contribution in [3.8, 4) is 0 Å². The second-order valence-electron chi connectivity index (χ2n) is 4.16. The summed E-state index contributed by atoms with van der Waals surface area (Å²) in [5, 5.41) is 5.83. The molecule has 22 heavy (non-hydrogen) atoms. The number of benzene rings is 2. The van der Waals surface area contributed by atoms with Gasteiger partial charge in [-0.2, -0.15) is 0 Å². The molecule has 0 unspecified atom stereocenters. The predicted octanol–water partition coefficient (Wildman–Crippen LogP) is 4.88. The summed E-state index contributed by atoms with van der Waals surface area (Å²) in [5.41, 5.74) is 0.456. The Morgan fingerprint density at radius 1 is 0.773 bits per heavy atom. The van der Waals surface area contributed by atoms with Gasteiger partial charge in [-0.05, 0) is 30.3 Å². The quantitative estimate of drug-likeness (QED) is 0.733. The lowest BCUT2D eigenvalue weighted by molar-refractivity contribution is -0.132. The second-order valence-corrected chi connectivity index (χ2v) is 5.85. The summed E-state index contributed by atoms with van der Waals surface area (Å²) in [7, 11) is 0. The van der Waals surface area contributed by atoms with Gasteiger partial charge in [0.15, 0.2) is 0 Å². The van der Waals surface area contributed by atoms with Crippen LogP contribution in [0.3, 0.4) is 0 Å². The summed E-state index contributed by atoms with van der Waals surface area (Å²) >= 11 is 23.5. The number of amides is 2. The van der Waals surface area contributed by atoms with Crippen molar-refractivity contribution in [2.45, 2.75) is 0 Å². The van der Waals surface area contributed by atoms with Gasteiger partial charge in [0.25, 0.3) is 0 Å². The van der Waals surface area contributed by atoms with E-state index >= 15 is 0 Å². The Bertz CT molecular complexity index is 709. The van der Waals surface area contributed by atoms with Crippen molar-refractivity contribution >= 4 is 69.6 Å². The maximum atomic E-state index is 11.9. The smallest absolute Gasteiger partial charge is 0.314 e. The molecule has 2 aromatic carbocycles. The summed E-state index contributed by atoms with van der Waals surface area (Å²) in [6.07, 6.45) is 0. The normalized spacial score (nSPS) is 10.2. The topological polar surface area (TPSA) is 58.2 Å². The zero-order valence-electron chi connectivity index (χ0n) is 10.8. The molecule has 0 atom stereocenters. The van der Waals surface area contributed by atoms with Gasteiger partial charge >= 0.3 is 11.8 Å². The van der Waals surface area contributed by atoms with Gasteiger partial charge in [0.1, 0.15) is 0 Å². The lowest BCUT2D eigenvalue weighted by atomic mass is 10.3. The van der Waals surface area contributed by atoms with Gasteiger partial charge in [-0.1, -0.05) is 52.5 Å². The molecule has 2 aromatic rings. The molecule has 0 fully saturated rings. The molecular formula is C14H8Cl4N2O2. The van der Waals surface area contributed by atoms with Gasteiger partial charge in [0.2, 0.25) is 0 Å². The number of nitrogens with one attached hydrogen (secondary N) is 2. The summed E-state index contributed by atoms with van der Waals surface area (Å²) < 4.78 is 0. The van der Waals surface area contributed by atoms with Gasteiger partial charge in [-0.15, -0.1) is 0 Å². The summed E-state index contributed by atoms with van der Waals surface area (Å²) in [6.45, 7) is 0. The average molecular weight is 378 g/mol. The highest BCUT2D eigenvalue weighted by Gasteiger charge is 2.17. The molecule has 0 radical (unpaired) electrons. The van der Waals surface area contributed by atoms with E-state index in [0.29, 0.717) is 15.7 Å². The molecule has 0 bridgehead atoms. The molecule has 0 aromatic heterocycles. The molecule has 0 aliphatic rings. The largest absolute Gasteiger partial charge is 0.318 e. The van der Waals surface area contributed by atoms with Crippen molar-refractivity contribution in [2.75, 3.05) is 10.6 Å². The number of para-hydroxylation sites is 1. The second kappa shape index (κ2) is 7.20. The first kappa shape index (κ1) is 16.9. The third-order valence-electron chi connectivity index (χ3n) is 2.53. The molecule has 2 amide bonds. The number of rotatable bonds is 2. The number of halogens is 4. The van der Waals surface area contributed by atoms with Gasteiger partial charge in [0.05, 0.1) is 15.7 Å². The van der Waals surface area contributed by atoms with Crippen LogP contribution in [0.4, 0.5) is 11.4 Å². The molecule has 0 spiro atoms. The van der Waals surface area contributed by atoms with Crippen molar-refractivity contribution in [3.63, 3.8) is 0 Å². The highest BCUT2D eigenvalue weighted by Crippen LogP contribution is 2.29. The Labute approximate surface area is 146 Å². The lowest BCUT2D eigenvalue weighted by Gasteiger charge is -2.09. The summed E-state index contributed by atoms with van der Waals surface area (Å²) in [6, 6.07) is 9.12. The van der Waals surface area contributed by atoms with Crippen molar-refractivity contribution < 1.29 is 9.59 Å². The minimum Gasteiger partial charge on any atom is -0.318 e. The molecule has 114 valence electrons. The molecule has 0 heterocycles. The summed E-state index contributed by atoms with van der Waals surface area (Å²) in [5.74, 6) is -1.83. The van der Waals surface area contributed by atoms with Crippen LogP contribution in [0.1, 0.15) is 0 Å². The van der Waals surface area contributed by atoms with E-state index in [0.717, 1.165) is 0 Å². The third-order valence-corrected chi connectivity index (χ3v) is 3.59. The minimum absolute atomic E-state index is 0.162. The Balaban J connectivity index is 2.11. The zero-order valence-corrected chi connectivity index (χ0v) is 13.8. The van der Waals surface area contributed by atoms with Crippen molar-refractivity contribution in [3.05, 3.63) is 56.5 Å². The standard InChI is InChI=1S/C14H8Cl4N2O2/c15-7-4-8(16)6-9(5-7)19-13(21)14(22)20-12-10(17)2-1-3-11(12)18/h1-6H,(H,19,21)(H,20,22). The van der Waals surface area contributed by atoms with E-state index in [9.17, 15) is 9.59 Å². The maximum Gasteiger partial charge on any atom is 0.314 e.